The summed E-state index contributed by atoms with van der Waals surface area (Å²) in [4.78, 5) is 54.3. The lowest BCUT2D eigenvalue weighted by atomic mass is 10.0. The Kier molecular flexibility index (Phi) is 7.88. The number of hydrogen-bond acceptors (Lipinski definition) is 7. The largest absolute Gasteiger partial charge is 1.00 e. The highest BCUT2D eigenvalue weighted by Crippen LogP contribution is 2.38. The maximum atomic E-state index is 13.1. The third kappa shape index (κ3) is 4.95. The van der Waals surface area contributed by atoms with E-state index in [1.807, 2.05) is 0 Å². The molecule has 0 bridgehead atoms. The number of esters is 1. The number of nitrogens with one attached hydrogen (secondary N) is 1. The second-order valence-electron chi connectivity index (χ2n) is 7.67. The molecule has 2 aliphatic heterocycles. The summed E-state index contributed by atoms with van der Waals surface area (Å²) >= 11 is 1.40. The topological polar surface area (TPSA) is 96.0 Å². The highest BCUT2D eigenvalue weighted by molar-refractivity contribution is 7.17. The minimum Gasteiger partial charge on any atom is -1.00 e. The fraction of sp³-hybridized carbons (Fsp3) is 0.391. The van der Waals surface area contributed by atoms with Crippen LogP contribution in [0.5, 0.6) is 0 Å². The van der Waals surface area contributed by atoms with Gasteiger partial charge in [-0.25, -0.2) is 4.79 Å². The van der Waals surface area contributed by atoms with E-state index in [0.29, 0.717) is 21.8 Å². The van der Waals surface area contributed by atoms with Crippen molar-refractivity contribution >= 4 is 45.7 Å². The molecule has 3 heterocycles. The van der Waals surface area contributed by atoms with Crippen molar-refractivity contribution in [2.24, 2.45) is 0 Å². The molecule has 1 aromatic carbocycles. The maximum Gasteiger partial charge on any atom is 0.341 e. The average molecular weight is 491 g/mol. The molecule has 3 amide bonds. The van der Waals surface area contributed by atoms with Gasteiger partial charge in [0.2, 0.25) is 11.8 Å². The lowest BCUT2D eigenvalue weighted by Gasteiger charge is -2.25. The number of anilines is 2. The number of likely N-dealkylation sites (N-methyl/N-ethyl adjacent to an activating group) is 1. The van der Waals surface area contributed by atoms with Gasteiger partial charge in [-0.1, -0.05) is 13.0 Å². The predicted octanol–water partition coefficient (Wildman–Crippen LogP) is 0.213. The minimum absolute atomic E-state index is 0. The molecule has 1 saturated heterocycles. The second kappa shape index (κ2) is 10.5. The van der Waals surface area contributed by atoms with Crippen LogP contribution in [0.2, 0.25) is 0 Å². The van der Waals surface area contributed by atoms with E-state index in [9.17, 15) is 19.2 Å². The van der Waals surface area contributed by atoms with E-state index in [1.54, 1.807) is 25.1 Å². The van der Waals surface area contributed by atoms with Gasteiger partial charge in [-0.3, -0.25) is 24.2 Å². The molecule has 0 atom stereocenters. The van der Waals surface area contributed by atoms with Gasteiger partial charge in [-0.15, -0.1) is 11.3 Å². The van der Waals surface area contributed by atoms with Gasteiger partial charge in [0.15, 0.2) is 0 Å². The van der Waals surface area contributed by atoms with Crippen LogP contribution < -0.4 is 22.6 Å². The molecular weight excluding hydrogens is 466 g/mol. The smallest absolute Gasteiger partial charge is 0.341 e. The first-order valence-electron chi connectivity index (χ1n) is 10.7. The number of fused-ring (bicyclic) bond motifs is 1. The number of nitrogens with zero attached hydrogens (tertiary/aromatic N) is 2. The molecule has 2 aliphatic rings. The summed E-state index contributed by atoms with van der Waals surface area (Å²) in [6, 6.07) is 6.39. The molecule has 0 radical (unpaired) electrons. The van der Waals surface area contributed by atoms with Crippen LogP contribution in [0.25, 0.3) is 0 Å². The quantitative estimate of drug-likeness (QED) is 0.459. The van der Waals surface area contributed by atoms with Crippen molar-refractivity contribution in [2.75, 3.05) is 29.9 Å². The Morgan fingerprint density at radius 3 is 2.52 bits per heavy atom. The van der Waals surface area contributed by atoms with Crippen molar-refractivity contribution in [1.29, 1.82) is 0 Å². The molecule has 1 fully saturated rings. The molecule has 0 unspecified atom stereocenters. The van der Waals surface area contributed by atoms with Gasteiger partial charge in [-0.2, -0.15) is 0 Å². The van der Waals surface area contributed by atoms with Gasteiger partial charge in [-0.05, 0) is 43.7 Å². The highest BCUT2D eigenvalue weighted by Gasteiger charge is 2.31. The van der Waals surface area contributed by atoms with E-state index in [4.69, 9.17) is 4.74 Å². The van der Waals surface area contributed by atoms with Crippen LogP contribution in [0.1, 0.15) is 57.8 Å². The normalized spacial score (nSPS) is 15.8. The van der Waals surface area contributed by atoms with E-state index in [-0.39, 0.29) is 43.7 Å². The van der Waals surface area contributed by atoms with Gasteiger partial charge < -0.3 is 22.5 Å². The standard InChI is InChI=1S/C23H25N3O5S.ClH/c1-3-25-11-10-16-17(13-25)32-22(20(16)23(30)31-4-2)24-21(29)14-6-5-7-15(12-14)26-18(27)8-9-19(26)28;/h5-7,12H,3-4,8-11,13H2,1-2H3,(H,24,29);1H/p-1. The third-order valence-corrected chi connectivity index (χ3v) is 6.84. The summed E-state index contributed by atoms with van der Waals surface area (Å²) in [6.45, 7) is 6.58. The summed E-state index contributed by atoms with van der Waals surface area (Å²) in [5.41, 5.74) is 2.04. The number of ether oxygens (including phenoxy) is 1. The molecule has 33 heavy (non-hydrogen) atoms. The summed E-state index contributed by atoms with van der Waals surface area (Å²) in [5.74, 6) is -1.40. The summed E-state index contributed by atoms with van der Waals surface area (Å²) < 4.78 is 5.26. The Hall–Kier alpha value is -2.75. The average Bonchev–Trinajstić information content (AvgIpc) is 3.31. The zero-order valence-electron chi connectivity index (χ0n) is 18.5. The van der Waals surface area contributed by atoms with Crippen LogP contribution in [0.4, 0.5) is 10.7 Å². The molecule has 0 saturated carbocycles. The fourth-order valence-electron chi connectivity index (χ4n) is 4.06. The van der Waals surface area contributed by atoms with Gasteiger partial charge >= 0.3 is 5.97 Å². The van der Waals surface area contributed by atoms with Crippen molar-refractivity contribution in [3.8, 4) is 0 Å². The third-order valence-electron chi connectivity index (χ3n) is 5.71. The molecule has 10 heteroatoms. The molecule has 1 N–H and O–H groups in total. The number of imide groups is 1. The molecule has 0 aliphatic carbocycles. The van der Waals surface area contributed by atoms with Crippen molar-refractivity contribution in [1.82, 2.24) is 4.90 Å². The zero-order chi connectivity index (χ0) is 22.8. The number of thiophene rings is 1. The Bertz CT molecular complexity index is 1080. The van der Waals surface area contributed by atoms with Crippen molar-refractivity contribution in [2.45, 2.75) is 39.7 Å². The molecular formula is C23H25ClN3O5S-. The van der Waals surface area contributed by atoms with Crippen LogP contribution in [-0.2, 0) is 27.3 Å². The number of carbonyl (C=O) groups excluding carboxylic acids is 4. The molecule has 1 aromatic heterocycles. The van der Waals surface area contributed by atoms with Crippen LogP contribution in [0.3, 0.4) is 0 Å². The summed E-state index contributed by atoms with van der Waals surface area (Å²) in [5, 5.41) is 3.34. The van der Waals surface area contributed by atoms with E-state index in [2.05, 4.69) is 17.1 Å². The van der Waals surface area contributed by atoms with E-state index in [0.717, 1.165) is 41.4 Å². The summed E-state index contributed by atoms with van der Waals surface area (Å²) in [7, 11) is 0. The van der Waals surface area contributed by atoms with E-state index in [1.165, 1.54) is 17.4 Å². The van der Waals surface area contributed by atoms with Crippen LogP contribution in [0, 0.1) is 0 Å². The Morgan fingerprint density at radius 2 is 1.85 bits per heavy atom. The van der Waals surface area contributed by atoms with Crippen LogP contribution >= 0.6 is 11.3 Å². The van der Waals surface area contributed by atoms with Crippen LogP contribution in [-0.4, -0.2) is 48.3 Å². The Balaban J connectivity index is 0.00000306. The number of carbonyl (C=O) groups is 4. The monoisotopic (exact) mass is 490 g/mol. The van der Waals surface area contributed by atoms with Gasteiger partial charge in [0.25, 0.3) is 5.91 Å². The lowest BCUT2D eigenvalue weighted by molar-refractivity contribution is -0.121. The van der Waals surface area contributed by atoms with Crippen LogP contribution in [0.15, 0.2) is 24.3 Å². The molecule has 4 rings (SSSR count). The highest BCUT2D eigenvalue weighted by atomic mass is 35.5. The predicted molar refractivity (Wildman–Crippen MR) is 121 cm³/mol. The van der Waals surface area contributed by atoms with Gasteiger partial charge in [0.05, 0.1) is 17.9 Å². The second-order valence-corrected chi connectivity index (χ2v) is 8.78. The number of halogens is 1. The van der Waals surface area contributed by atoms with Gasteiger partial charge in [0.1, 0.15) is 5.00 Å². The van der Waals surface area contributed by atoms with Crippen molar-refractivity contribution in [3.63, 3.8) is 0 Å². The number of rotatable bonds is 6. The number of amides is 3. The lowest BCUT2D eigenvalue weighted by Crippen LogP contribution is -3.00. The first kappa shape index (κ1) is 24.9. The minimum atomic E-state index is -0.438. The van der Waals surface area contributed by atoms with Crippen molar-refractivity contribution < 1.29 is 36.3 Å². The number of hydrogen-bond donors (Lipinski definition) is 1. The van der Waals surface area contributed by atoms with Gasteiger partial charge in [0, 0.05) is 36.4 Å². The number of benzene rings is 1. The molecule has 8 nitrogen and oxygen atoms in total. The Labute approximate surface area is 202 Å². The zero-order valence-corrected chi connectivity index (χ0v) is 20.1. The first-order valence-corrected chi connectivity index (χ1v) is 11.6. The fourth-order valence-corrected chi connectivity index (χ4v) is 5.33. The molecule has 176 valence electrons. The SMILES string of the molecule is CCOC(=O)c1c(NC(=O)c2cccc(N3C(=O)CCC3=O)c2)sc2c1CCN(CC)C2.[Cl-]. The first-order chi connectivity index (χ1) is 15.4. The van der Waals surface area contributed by atoms with Crippen molar-refractivity contribution in [3.05, 3.63) is 45.8 Å². The maximum absolute atomic E-state index is 13.1. The summed E-state index contributed by atoms with van der Waals surface area (Å²) in [6.07, 6.45) is 1.07. The molecule has 2 aromatic rings. The van der Waals surface area contributed by atoms with E-state index < -0.39 is 11.9 Å². The van der Waals surface area contributed by atoms with E-state index >= 15 is 0 Å². The molecule has 0 spiro atoms. The Morgan fingerprint density at radius 1 is 1.12 bits per heavy atom.